The van der Waals surface area contributed by atoms with E-state index in [4.69, 9.17) is 22.3 Å². The van der Waals surface area contributed by atoms with Gasteiger partial charge in [0, 0.05) is 30.1 Å². The number of nitrogens with one attached hydrogen (secondary N) is 1. The van der Waals surface area contributed by atoms with Crippen molar-refractivity contribution in [1.29, 1.82) is 0 Å². The molecule has 3 heterocycles. The number of rotatable bonds is 4. The smallest absolute Gasteiger partial charge is 0.258 e. The Morgan fingerprint density at radius 1 is 1.09 bits per heavy atom. The second-order valence-electron chi connectivity index (χ2n) is 8.05. The monoisotopic (exact) mass is 446 g/mol. The molecule has 3 N–H and O–H groups in total. The zero-order valence-electron chi connectivity index (χ0n) is 17.5. The maximum Gasteiger partial charge on any atom is 0.258 e. The van der Waals surface area contributed by atoms with Crippen molar-refractivity contribution in [2.75, 3.05) is 11.1 Å². The molecule has 32 heavy (non-hydrogen) atoms. The van der Waals surface area contributed by atoms with Crippen molar-refractivity contribution < 1.29 is 4.79 Å². The average Bonchev–Trinajstić information content (AvgIpc) is 3.21. The molecule has 0 unspecified atom stereocenters. The Bertz CT molecular complexity index is 1280. The molecular formula is C24H23ClN6O. The molecule has 0 bridgehead atoms. The number of hydrogen-bond acceptors (Lipinski definition) is 5. The number of imidazole rings is 1. The van der Waals surface area contributed by atoms with E-state index in [9.17, 15) is 4.79 Å². The van der Waals surface area contributed by atoms with Crippen LogP contribution in [0.25, 0.3) is 16.8 Å². The van der Waals surface area contributed by atoms with Crippen LogP contribution in [0, 0.1) is 0 Å². The highest BCUT2D eigenvalue weighted by atomic mass is 35.5. The standard InChI is InChI=1S/C24H23ClN6O/c25-18-14-16(9-10-17(18)24(32)29-19-8-4-5-11-27-19)20-21-22(26)28-12-13-31(21)23(30-20)15-6-2-1-3-7-15/h4-5,8-15H,1-3,6-7H2,(H2,26,28)(H,27,29,32). The van der Waals surface area contributed by atoms with E-state index in [2.05, 4.69) is 19.7 Å². The van der Waals surface area contributed by atoms with Crippen LogP contribution < -0.4 is 11.1 Å². The number of nitrogens with zero attached hydrogens (tertiary/aromatic N) is 4. The lowest BCUT2D eigenvalue weighted by Crippen LogP contribution is -2.13. The lowest BCUT2D eigenvalue weighted by Gasteiger charge is -2.20. The minimum atomic E-state index is -0.320. The molecule has 3 aromatic heterocycles. The zero-order valence-corrected chi connectivity index (χ0v) is 18.2. The number of fused-ring (bicyclic) bond motifs is 1. The fraction of sp³-hybridized carbons (Fsp3) is 0.250. The van der Waals surface area contributed by atoms with Crippen LogP contribution in [0.2, 0.25) is 5.02 Å². The van der Waals surface area contributed by atoms with Crippen LogP contribution in [0.3, 0.4) is 0 Å². The molecule has 5 rings (SSSR count). The van der Waals surface area contributed by atoms with E-state index >= 15 is 0 Å². The van der Waals surface area contributed by atoms with E-state index in [1.165, 1.54) is 19.3 Å². The third-order valence-electron chi connectivity index (χ3n) is 5.97. The normalized spacial score (nSPS) is 14.5. The summed E-state index contributed by atoms with van der Waals surface area (Å²) in [4.78, 5) is 26.1. The topological polar surface area (TPSA) is 98.2 Å². The van der Waals surface area contributed by atoms with Gasteiger partial charge in [0.1, 0.15) is 28.7 Å². The van der Waals surface area contributed by atoms with Crippen LogP contribution in [0.15, 0.2) is 55.0 Å². The second kappa shape index (κ2) is 8.59. The van der Waals surface area contributed by atoms with E-state index in [0.29, 0.717) is 28.1 Å². The van der Waals surface area contributed by atoms with Gasteiger partial charge in [-0.25, -0.2) is 15.0 Å². The molecule has 1 aliphatic carbocycles. The highest BCUT2D eigenvalue weighted by molar-refractivity contribution is 6.34. The summed E-state index contributed by atoms with van der Waals surface area (Å²) in [6.07, 6.45) is 11.2. The van der Waals surface area contributed by atoms with Crippen LogP contribution in [0.5, 0.6) is 0 Å². The first-order valence-corrected chi connectivity index (χ1v) is 11.1. The van der Waals surface area contributed by atoms with Gasteiger partial charge in [0.25, 0.3) is 5.91 Å². The minimum Gasteiger partial charge on any atom is -0.382 e. The molecule has 1 saturated carbocycles. The molecule has 0 atom stereocenters. The van der Waals surface area contributed by atoms with Crippen molar-refractivity contribution in [3.8, 4) is 11.3 Å². The van der Waals surface area contributed by atoms with Crippen LogP contribution in [0.4, 0.5) is 11.6 Å². The Hall–Kier alpha value is -3.45. The molecule has 4 aromatic rings. The fourth-order valence-corrected chi connectivity index (χ4v) is 4.67. The van der Waals surface area contributed by atoms with Crippen LogP contribution >= 0.6 is 11.6 Å². The molecule has 7 nitrogen and oxygen atoms in total. The average molecular weight is 447 g/mol. The summed E-state index contributed by atoms with van der Waals surface area (Å²) in [5.74, 6) is 1.97. The van der Waals surface area contributed by atoms with Gasteiger partial charge < -0.3 is 11.1 Å². The predicted octanol–water partition coefficient (Wildman–Crippen LogP) is 5.33. The molecule has 0 spiro atoms. The number of carbonyl (C=O) groups is 1. The lowest BCUT2D eigenvalue weighted by molar-refractivity contribution is 0.102. The Labute approximate surface area is 190 Å². The SMILES string of the molecule is Nc1nccn2c(C3CCCCC3)nc(-c3ccc(C(=O)Nc4ccccn4)c(Cl)c3)c12. The maximum atomic E-state index is 12.7. The Morgan fingerprint density at radius 3 is 2.69 bits per heavy atom. The molecule has 1 aromatic carbocycles. The van der Waals surface area contributed by atoms with Crippen molar-refractivity contribution in [3.63, 3.8) is 0 Å². The van der Waals surface area contributed by atoms with Crippen LogP contribution in [0.1, 0.15) is 54.2 Å². The summed E-state index contributed by atoms with van der Waals surface area (Å²) in [5, 5.41) is 3.09. The number of halogens is 1. The first kappa shape index (κ1) is 20.5. The molecule has 1 aliphatic rings. The van der Waals surface area contributed by atoms with Gasteiger partial charge in [0.15, 0.2) is 0 Å². The van der Waals surface area contributed by atoms with E-state index in [1.54, 1.807) is 42.7 Å². The Morgan fingerprint density at radius 2 is 1.94 bits per heavy atom. The van der Waals surface area contributed by atoms with E-state index in [0.717, 1.165) is 35.4 Å². The number of hydrogen-bond donors (Lipinski definition) is 2. The van der Waals surface area contributed by atoms with Crippen LogP contribution in [-0.2, 0) is 0 Å². The minimum absolute atomic E-state index is 0.320. The molecule has 0 aliphatic heterocycles. The van der Waals surface area contributed by atoms with Crippen molar-refractivity contribution >= 4 is 34.7 Å². The number of nitrogens with two attached hydrogens (primary N) is 1. The zero-order chi connectivity index (χ0) is 22.1. The van der Waals surface area contributed by atoms with Gasteiger partial charge in [-0.15, -0.1) is 0 Å². The highest BCUT2D eigenvalue weighted by Gasteiger charge is 2.24. The summed E-state index contributed by atoms with van der Waals surface area (Å²) in [6.45, 7) is 0. The van der Waals surface area contributed by atoms with Gasteiger partial charge in [0.05, 0.1) is 10.6 Å². The van der Waals surface area contributed by atoms with Crippen molar-refractivity contribution in [2.24, 2.45) is 0 Å². The van der Waals surface area contributed by atoms with Crippen LogP contribution in [-0.4, -0.2) is 25.3 Å². The second-order valence-corrected chi connectivity index (χ2v) is 8.46. The summed E-state index contributed by atoms with van der Waals surface area (Å²) >= 11 is 6.52. The van der Waals surface area contributed by atoms with E-state index in [-0.39, 0.29) is 5.91 Å². The molecule has 1 amide bonds. The summed E-state index contributed by atoms with van der Waals surface area (Å²) in [6, 6.07) is 10.6. The first-order valence-electron chi connectivity index (χ1n) is 10.8. The van der Waals surface area contributed by atoms with Gasteiger partial charge in [-0.3, -0.25) is 9.20 Å². The van der Waals surface area contributed by atoms with Crippen molar-refractivity contribution in [3.05, 3.63) is 71.4 Å². The summed E-state index contributed by atoms with van der Waals surface area (Å²) < 4.78 is 2.06. The number of carbonyl (C=O) groups excluding carboxylic acids is 1. The highest BCUT2D eigenvalue weighted by Crippen LogP contribution is 2.37. The number of amides is 1. The quantitative estimate of drug-likeness (QED) is 0.441. The first-order chi connectivity index (χ1) is 15.6. The molecule has 0 saturated heterocycles. The van der Waals surface area contributed by atoms with Gasteiger partial charge in [-0.05, 0) is 37.1 Å². The Balaban J connectivity index is 1.53. The molecule has 8 heteroatoms. The largest absolute Gasteiger partial charge is 0.382 e. The number of pyridine rings is 1. The number of anilines is 2. The predicted molar refractivity (Wildman–Crippen MR) is 126 cm³/mol. The van der Waals surface area contributed by atoms with Gasteiger partial charge in [0.2, 0.25) is 0 Å². The van der Waals surface area contributed by atoms with Crippen molar-refractivity contribution in [1.82, 2.24) is 19.4 Å². The number of benzene rings is 1. The van der Waals surface area contributed by atoms with Crippen molar-refractivity contribution in [2.45, 2.75) is 38.0 Å². The van der Waals surface area contributed by atoms with E-state index < -0.39 is 0 Å². The van der Waals surface area contributed by atoms with Gasteiger partial charge in [-0.1, -0.05) is 43.0 Å². The van der Waals surface area contributed by atoms with Gasteiger partial charge in [-0.2, -0.15) is 0 Å². The van der Waals surface area contributed by atoms with Gasteiger partial charge >= 0.3 is 0 Å². The molecular weight excluding hydrogens is 424 g/mol. The third kappa shape index (κ3) is 3.80. The lowest BCUT2D eigenvalue weighted by atomic mass is 9.89. The Kier molecular flexibility index (Phi) is 5.49. The molecule has 162 valence electrons. The number of aromatic nitrogens is 4. The van der Waals surface area contributed by atoms with E-state index in [1.807, 2.05) is 12.3 Å². The molecule has 1 fully saturated rings. The fourth-order valence-electron chi connectivity index (χ4n) is 4.40. The maximum absolute atomic E-state index is 12.7. The number of nitrogen functional groups attached to an aromatic ring is 1. The summed E-state index contributed by atoms with van der Waals surface area (Å²) in [7, 11) is 0. The summed E-state index contributed by atoms with van der Waals surface area (Å²) in [5.41, 5.74) is 8.93. The third-order valence-corrected chi connectivity index (χ3v) is 6.29. The molecule has 0 radical (unpaired) electrons.